The zero-order chi connectivity index (χ0) is 19.8. The topological polar surface area (TPSA) is 64.6 Å². The molecule has 2 atom stereocenters. The molecule has 0 aliphatic rings. The van der Waals surface area contributed by atoms with Crippen molar-refractivity contribution >= 4 is 34.7 Å². The highest BCUT2D eigenvalue weighted by Gasteiger charge is 2.53. The van der Waals surface area contributed by atoms with Gasteiger partial charge in [0.05, 0.1) is 0 Å². The minimum absolute atomic E-state index is 0.488. The molecule has 0 aromatic carbocycles. The summed E-state index contributed by atoms with van der Waals surface area (Å²) in [4.78, 5) is 0. The number of rotatable bonds is 14. The van der Waals surface area contributed by atoms with E-state index in [1.807, 2.05) is 67.0 Å². The third-order valence-electron chi connectivity index (χ3n) is 3.03. The Morgan fingerprint density at radius 2 is 0.720 bits per heavy atom. The molecular weight excluding hydrogens is 392 g/mol. The average molecular weight is 431 g/mol. The molecule has 25 heavy (non-hydrogen) atoms. The van der Waals surface area contributed by atoms with Crippen LogP contribution in [0.2, 0.25) is 39.3 Å². The van der Waals surface area contributed by atoms with E-state index in [1.165, 1.54) is 0 Å². The summed E-state index contributed by atoms with van der Waals surface area (Å²) in [6.07, 6.45) is 0. The lowest BCUT2D eigenvalue weighted by atomic mass is 10.9. The van der Waals surface area contributed by atoms with Gasteiger partial charge < -0.3 is 30.0 Å². The van der Waals surface area contributed by atoms with E-state index in [0.717, 1.165) is 0 Å². The van der Waals surface area contributed by atoms with Crippen LogP contribution in [0.1, 0.15) is 27.7 Å². The van der Waals surface area contributed by atoms with Gasteiger partial charge in [0.15, 0.2) is 0 Å². The Balaban J connectivity index is 5.41. The quantitative estimate of drug-likeness (QED) is 0.389. The molecule has 152 valence electrons. The highest BCUT2D eigenvalue weighted by Crippen LogP contribution is 2.26. The van der Waals surface area contributed by atoms with E-state index in [1.54, 1.807) is 0 Å². The highest BCUT2D eigenvalue weighted by atomic mass is 28.5. The van der Waals surface area contributed by atoms with Crippen molar-refractivity contribution in [2.45, 2.75) is 67.0 Å². The summed E-state index contributed by atoms with van der Waals surface area (Å²) >= 11 is 0. The first kappa shape index (κ1) is 25.6. The monoisotopic (exact) mass is 430 g/mol. The Kier molecular flexibility index (Phi) is 11.1. The summed E-state index contributed by atoms with van der Waals surface area (Å²) in [6, 6.07) is 0. The first-order valence-corrected chi connectivity index (χ1v) is 19.1. The van der Waals surface area contributed by atoms with Crippen LogP contribution >= 0.6 is 0 Å². The van der Waals surface area contributed by atoms with Crippen LogP contribution in [0.25, 0.3) is 0 Å². The predicted molar refractivity (Wildman–Crippen MR) is 108 cm³/mol. The van der Waals surface area contributed by atoms with Crippen molar-refractivity contribution in [3.05, 3.63) is 0 Å². The first-order valence-electron chi connectivity index (χ1n) is 9.02. The van der Waals surface area contributed by atoms with Crippen LogP contribution in [0.5, 0.6) is 0 Å². The second-order valence-electron chi connectivity index (χ2n) is 6.56. The van der Waals surface area contributed by atoms with Crippen LogP contribution in [0.4, 0.5) is 0 Å². The van der Waals surface area contributed by atoms with Gasteiger partial charge in [0.2, 0.25) is 0 Å². The van der Waals surface area contributed by atoms with Crippen LogP contribution in [0.3, 0.4) is 0 Å². The first-order chi connectivity index (χ1) is 11.4. The van der Waals surface area contributed by atoms with Crippen molar-refractivity contribution in [1.29, 1.82) is 0 Å². The lowest BCUT2D eigenvalue weighted by molar-refractivity contribution is 0.0896. The molecule has 0 radical (unpaired) electrons. The van der Waals surface area contributed by atoms with Crippen molar-refractivity contribution < 1.29 is 30.0 Å². The maximum Gasteiger partial charge on any atom is 0.481 e. The van der Waals surface area contributed by atoms with Crippen LogP contribution in [-0.4, -0.2) is 61.2 Å². The summed E-state index contributed by atoms with van der Waals surface area (Å²) in [6.45, 7) is 21.6. The Morgan fingerprint density at radius 1 is 0.440 bits per heavy atom. The fourth-order valence-corrected chi connectivity index (χ4v) is 17.4. The molecule has 0 aromatic rings. The zero-order valence-electron chi connectivity index (χ0n) is 17.7. The lowest BCUT2D eigenvalue weighted by Crippen LogP contribution is -2.62. The van der Waals surface area contributed by atoms with Gasteiger partial charge in [-0.15, -0.1) is 0 Å². The summed E-state index contributed by atoms with van der Waals surface area (Å²) in [7, 11) is -10.7. The maximum absolute atomic E-state index is 6.37. The van der Waals surface area contributed by atoms with E-state index >= 15 is 0 Å². The predicted octanol–water partition coefficient (Wildman–Crippen LogP) is 3.72. The van der Waals surface area contributed by atoms with E-state index in [4.69, 9.17) is 30.0 Å². The molecule has 7 nitrogen and oxygen atoms in total. The van der Waals surface area contributed by atoms with E-state index < -0.39 is 34.7 Å². The van der Waals surface area contributed by atoms with Crippen molar-refractivity contribution in [3.8, 4) is 0 Å². The van der Waals surface area contributed by atoms with Gasteiger partial charge in [0.25, 0.3) is 0 Å². The molecule has 2 unspecified atom stereocenters. The second kappa shape index (κ2) is 10.8. The SMILES string of the molecule is CCO[Si](C)(C)O[Si](C)(OCC)O[Si](C)(OCC)O[Si](C)(C)OCC. The molecule has 0 spiro atoms. The minimum Gasteiger partial charge on any atom is -0.395 e. The van der Waals surface area contributed by atoms with E-state index in [0.29, 0.717) is 26.4 Å². The molecule has 0 bridgehead atoms. The Morgan fingerprint density at radius 3 is 0.960 bits per heavy atom. The smallest absolute Gasteiger partial charge is 0.395 e. The minimum atomic E-state index is -3.00. The normalized spacial score (nSPS) is 18.0. The van der Waals surface area contributed by atoms with E-state index in [2.05, 4.69) is 0 Å². The van der Waals surface area contributed by atoms with Gasteiger partial charge >= 0.3 is 34.7 Å². The van der Waals surface area contributed by atoms with Crippen LogP contribution in [0, 0.1) is 0 Å². The average Bonchev–Trinajstić information content (AvgIpc) is 2.35. The zero-order valence-corrected chi connectivity index (χ0v) is 21.7. The number of hydrogen-bond acceptors (Lipinski definition) is 7. The van der Waals surface area contributed by atoms with Gasteiger partial charge in [-0.05, 0) is 53.9 Å². The Bertz CT molecular complexity index is 352. The van der Waals surface area contributed by atoms with Gasteiger partial charge in [-0.25, -0.2) is 0 Å². The molecule has 0 aromatic heterocycles. The fourth-order valence-electron chi connectivity index (χ4n) is 2.67. The molecule has 0 saturated heterocycles. The molecule has 0 heterocycles. The molecule has 0 rings (SSSR count). The molecule has 0 aliphatic heterocycles. The van der Waals surface area contributed by atoms with E-state index in [9.17, 15) is 0 Å². The maximum atomic E-state index is 6.37. The molecule has 0 saturated carbocycles. The standard InChI is InChI=1S/C14H38O7Si4/c1-11-15-22(5,6)19-24(9,17-13-3)21-25(10,18-14-4)20-23(7,8)16-12-2/h11-14H2,1-10H3. The summed E-state index contributed by atoms with van der Waals surface area (Å²) < 4.78 is 42.4. The molecule has 11 heteroatoms. The van der Waals surface area contributed by atoms with Crippen LogP contribution in [-0.2, 0) is 30.0 Å². The Labute approximate surface area is 158 Å². The van der Waals surface area contributed by atoms with Crippen molar-refractivity contribution in [2.24, 2.45) is 0 Å². The van der Waals surface area contributed by atoms with Crippen molar-refractivity contribution in [1.82, 2.24) is 0 Å². The third kappa shape index (κ3) is 10.5. The highest BCUT2D eigenvalue weighted by molar-refractivity contribution is 6.84. The summed E-state index contributed by atoms with van der Waals surface area (Å²) in [5.41, 5.74) is 0. The Hall–Kier alpha value is 0.588. The van der Waals surface area contributed by atoms with Gasteiger partial charge in [-0.1, -0.05) is 0 Å². The van der Waals surface area contributed by atoms with Gasteiger partial charge in [-0.2, -0.15) is 0 Å². The van der Waals surface area contributed by atoms with Gasteiger partial charge in [0.1, 0.15) is 0 Å². The molecule has 0 amide bonds. The second-order valence-corrected chi connectivity index (χ2v) is 19.2. The molecule has 0 aliphatic carbocycles. The lowest BCUT2D eigenvalue weighted by Gasteiger charge is -2.40. The summed E-state index contributed by atoms with van der Waals surface area (Å²) in [5, 5.41) is 0. The molecule has 0 fully saturated rings. The molecular formula is C14H38O7Si4. The largest absolute Gasteiger partial charge is 0.481 e. The fraction of sp³-hybridized carbons (Fsp3) is 1.00. The molecule has 0 N–H and O–H groups in total. The van der Waals surface area contributed by atoms with Crippen LogP contribution < -0.4 is 0 Å². The van der Waals surface area contributed by atoms with Gasteiger partial charge in [-0.3, -0.25) is 0 Å². The van der Waals surface area contributed by atoms with E-state index in [-0.39, 0.29) is 0 Å². The van der Waals surface area contributed by atoms with Crippen molar-refractivity contribution in [3.63, 3.8) is 0 Å². The summed E-state index contributed by atoms with van der Waals surface area (Å²) in [5.74, 6) is 0. The number of hydrogen-bond donors (Lipinski definition) is 0. The third-order valence-corrected chi connectivity index (χ3v) is 16.5. The van der Waals surface area contributed by atoms with Gasteiger partial charge in [0, 0.05) is 39.5 Å². The van der Waals surface area contributed by atoms with Crippen LogP contribution in [0.15, 0.2) is 0 Å². The van der Waals surface area contributed by atoms with Crippen molar-refractivity contribution in [2.75, 3.05) is 26.4 Å².